The zero-order valence-corrected chi connectivity index (χ0v) is 27.6. The van der Waals surface area contributed by atoms with E-state index in [1.54, 1.807) is 0 Å². The van der Waals surface area contributed by atoms with Gasteiger partial charge in [-0.2, -0.15) is 0 Å². The second-order valence-electron chi connectivity index (χ2n) is 12.8. The van der Waals surface area contributed by atoms with E-state index in [9.17, 15) is 0 Å². The molecule has 1 aliphatic heterocycles. The van der Waals surface area contributed by atoms with Crippen molar-refractivity contribution in [1.29, 1.82) is 0 Å². The van der Waals surface area contributed by atoms with Crippen molar-refractivity contribution >= 4 is 66.7 Å². The van der Waals surface area contributed by atoms with Crippen LogP contribution in [0.5, 0.6) is 0 Å². The predicted octanol–water partition coefficient (Wildman–Crippen LogP) is 10.8. The minimum atomic E-state index is -0.410. The summed E-state index contributed by atoms with van der Waals surface area (Å²) < 4.78 is 15.3. The van der Waals surface area contributed by atoms with Crippen LogP contribution in [0.15, 0.2) is 133 Å². The molecule has 1 unspecified atom stereocenters. The number of fused-ring (bicyclic) bond motifs is 9. The van der Waals surface area contributed by atoms with Gasteiger partial charge in [-0.15, -0.1) is 0 Å². The highest BCUT2D eigenvalue weighted by atomic mass is 16.7. The van der Waals surface area contributed by atoms with E-state index < -0.39 is 7.12 Å². The normalized spacial score (nSPS) is 15.9. The van der Waals surface area contributed by atoms with Crippen LogP contribution in [-0.2, 0) is 9.31 Å². The number of hydrogen-bond donors (Lipinski definition) is 0. The Kier molecular flexibility index (Phi) is 7.17. The molecular weight excluding hydrogens is 573 g/mol. The molecule has 1 aliphatic rings. The maximum Gasteiger partial charge on any atom is 0.495 e. The quantitative estimate of drug-likeness (QED) is 0.147. The number of hydrogen-bond acceptors (Lipinski definition) is 2. The van der Waals surface area contributed by atoms with Crippen LogP contribution >= 0.6 is 0 Å². The zero-order valence-electron chi connectivity index (χ0n) is 27.6. The van der Waals surface area contributed by atoms with Gasteiger partial charge >= 0.3 is 7.12 Å². The summed E-state index contributed by atoms with van der Waals surface area (Å²) in [5, 5.41) is 9.89. The maximum atomic E-state index is 6.49. The summed E-state index contributed by atoms with van der Waals surface area (Å²) in [5.41, 5.74) is 6.74. The van der Waals surface area contributed by atoms with E-state index in [1.165, 1.54) is 70.9 Å². The number of para-hydroxylation sites is 2. The number of nitrogens with zero attached hydrogens (tertiary/aromatic N) is 1. The lowest BCUT2D eigenvalue weighted by atomic mass is 9.74. The third kappa shape index (κ3) is 4.66. The lowest BCUT2D eigenvalue weighted by Crippen LogP contribution is -2.35. The van der Waals surface area contributed by atoms with Gasteiger partial charge in [0.1, 0.15) is 0 Å². The molecule has 2 heterocycles. The third-order valence-corrected chi connectivity index (χ3v) is 9.88. The highest BCUT2D eigenvalue weighted by Crippen LogP contribution is 2.39. The van der Waals surface area contributed by atoms with Crippen molar-refractivity contribution in [2.45, 2.75) is 46.3 Å². The molecular formula is C43H38BNO2. The average Bonchev–Trinajstić information content (AvgIpc) is 3.60. The highest BCUT2D eigenvalue weighted by molar-refractivity contribution is 6.66. The molecule has 7 aromatic carbocycles. The monoisotopic (exact) mass is 611 g/mol. The topological polar surface area (TPSA) is 23.4 Å². The Morgan fingerprint density at radius 3 is 1.85 bits per heavy atom. The van der Waals surface area contributed by atoms with Gasteiger partial charge in [-0.05, 0) is 106 Å². The van der Waals surface area contributed by atoms with Crippen molar-refractivity contribution in [3.05, 3.63) is 133 Å². The van der Waals surface area contributed by atoms with Gasteiger partial charge in [-0.1, -0.05) is 111 Å². The van der Waals surface area contributed by atoms with Crippen LogP contribution < -0.4 is 5.46 Å². The van der Waals surface area contributed by atoms with Crippen molar-refractivity contribution in [2.24, 2.45) is 0 Å². The molecule has 1 saturated heterocycles. The Balaban J connectivity index is 0.00000159. The van der Waals surface area contributed by atoms with E-state index in [4.69, 9.17) is 9.31 Å². The summed E-state index contributed by atoms with van der Waals surface area (Å²) in [5.74, 6) is 0. The van der Waals surface area contributed by atoms with Gasteiger partial charge in [0.2, 0.25) is 0 Å². The Hall–Kier alpha value is -4.90. The fourth-order valence-electron chi connectivity index (χ4n) is 7.30. The first-order valence-electron chi connectivity index (χ1n) is 16.8. The first-order valence-corrected chi connectivity index (χ1v) is 16.8. The third-order valence-electron chi connectivity index (χ3n) is 9.88. The molecule has 3 nitrogen and oxygen atoms in total. The van der Waals surface area contributed by atoms with Gasteiger partial charge in [-0.3, -0.25) is 0 Å². The van der Waals surface area contributed by atoms with Gasteiger partial charge in [0, 0.05) is 16.5 Å². The molecule has 0 bridgehead atoms. The summed E-state index contributed by atoms with van der Waals surface area (Å²) in [6.45, 7) is 10.3. The minimum Gasteiger partial charge on any atom is -0.402 e. The molecule has 1 aromatic heterocycles. The van der Waals surface area contributed by atoms with Gasteiger partial charge in [0.15, 0.2) is 0 Å². The zero-order chi connectivity index (χ0) is 32.3. The Bertz CT molecular complexity index is 2440. The first-order chi connectivity index (χ1) is 23.0. The molecule has 8 aromatic rings. The molecule has 4 heteroatoms. The van der Waals surface area contributed by atoms with E-state index in [-0.39, 0.29) is 11.7 Å². The van der Waals surface area contributed by atoms with E-state index in [0.29, 0.717) is 0 Å². The molecule has 1 atom stereocenters. The second kappa shape index (κ2) is 11.4. The standard InChI is InChI=1S/C41H32BNO2.C2H6/c1-26-41(2,3)45-42(44-26)37-18-11-17-33-30-14-7-8-15-31(30)35-24-27(20-22-34(35)40(33)37)28-21-23-39-36(25-28)32-16-9-10-19-38(32)43(39)29-12-5-4-6-13-29;1-2/h4-26H,1-3H3;1-2H3. The summed E-state index contributed by atoms with van der Waals surface area (Å²) in [6, 6.07) is 48.5. The van der Waals surface area contributed by atoms with Gasteiger partial charge in [0.05, 0.1) is 22.7 Å². The first kappa shape index (κ1) is 29.5. The van der Waals surface area contributed by atoms with Crippen molar-refractivity contribution < 1.29 is 9.31 Å². The Labute approximate surface area is 276 Å². The van der Waals surface area contributed by atoms with Gasteiger partial charge < -0.3 is 13.9 Å². The maximum absolute atomic E-state index is 6.49. The van der Waals surface area contributed by atoms with Crippen LogP contribution in [0.4, 0.5) is 0 Å². The van der Waals surface area contributed by atoms with Gasteiger partial charge in [-0.25, -0.2) is 0 Å². The number of benzene rings is 7. The molecule has 47 heavy (non-hydrogen) atoms. The molecule has 0 aliphatic carbocycles. The summed E-state index contributed by atoms with van der Waals surface area (Å²) in [6.07, 6.45) is -0.00108. The van der Waals surface area contributed by atoms with Crippen LogP contribution in [0.2, 0.25) is 0 Å². The van der Waals surface area contributed by atoms with Crippen molar-refractivity contribution in [2.75, 3.05) is 0 Å². The lowest BCUT2D eigenvalue weighted by molar-refractivity contribution is 0.0842. The number of aromatic nitrogens is 1. The fourth-order valence-corrected chi connectivity index (χ4v) is 7.30. The molecule has 0 radical (unpaired) electrons. The summed E-state index contributed by atoms with van der Waals surface area (Å²) in [4.78, 5) is 0. The Morgan fingerprint density at radius 2 is 1.13 bits per heavy atom. The van der Waals surface area contributed by atoms with Crippen molar-refractivity contribution in [3.63, 3.8) is 0 Å². The molecule has 0 amide bonds. The molecule has 0 spiro atoms. The highest BCUT2D eigenvalue weighted by Gasteiger charge is 2.44. The van der Waals surface area contributed by atoms with E-state index in [0.717, 1.165) is 5.46 Å². The second-order valence-corrected chi connectivity index (χ2v) is 12.8. The summed E-state index contributed by atoms with van der Waals surface area (Å²) >= 11 is 0. The predicted molar refractivity (Wildman–Crippen MR) is 201 cm³/mol. The molecule has 0 N–H and O–H groups in total. The SMILES string of the molecule is CC.CC1OB(c2cccc3c4ccccc4c4cc(-c5ccc6c(c5)c5ccccc5n6-c5ccccc5)ccc4c23)OC1(C)C. The van der Waals surface area contributed by atoms with E-state index >= 15 is 0 Å². The number of rotatable bonds is 3. The summed E-state index contributed by atoms with van der Waals surface area (Å²) in [7, 11) is -0.410. The largest absolute Gasteiger partial charge is 0.495 e. The van der Waals surface area contributed by atoms with Crippen LogP contribution in [0.25, 0.3) is 70.9 Å². The molecule has 1 fully saturated rings. The lowest BCUT2D eigenvalue weighted by Gasteiger charge is -2.21. The smallest absolute Gasteiger partial charge is 0.402 e. The molecule has 230 valence electrons. The van der Waals surface area contributed by atoms with E-state index in [1.807, 2.05) is 13.8 Å². The van der Waals surface area contributed by atoms with Crippen LogP contribution in [0.1, 0.15) is 34.6 Å². The Morgan fingerprint density at radius 1 is 0.553 bits per heavy atom. The minimum absolute atomic E-state index is 0.00108. The van der Waals surface area contributed by atoms with Crippen LogP contribution in [0, 0.1) is 0 Å². The van der Waals surface area contributed by atoms with Crippen molar-refractivity contribution in [1.82, 2.24) is 4.57 Å². The molecule has 9 rings (SSSR count). The van der Waals surface area contributed by atoms with Crippen LogP contribution in [-0.4, -0.2) is 23.4 Å². The van der Waals surface area contributed by atoms with E-state index in [2.05, 4.69) is 159 Å². The molecule has 0 saturated carbocycles. The van der Waals surface area contributed by atoms with Crippen molar-refractivity contribution in [3.8, 4) is 16.8 Å². The average molecular weight is 612 g/mol. The van der Waals surface area contributed by atoms with Crippen LogP contribution in [0.3, 0.4) is 0 Å². The van der Waals surface area contributed by atoms with Gasteiger partial charge in [0.25, 0.3) is 0 Å². The fraction of sp³-hybridized carbons (Fsp3) is 0.163.